The van der Waals surface area contributed by atoms with Crippen LogP contribution in [0.15, 0.2) is 9.67 Å². The van der Waals surface area contributed by atoms with Crippen molar-refractivity contribution in [1.82, 2.24) is 4.90 Å². The quantitative estimate of drug-likeness (QED) is 0.219. The molecule has 0 aromatic heterocycles. The normalized spacial score (nSPS) is 17.2. The van der Waals surface area contributed by atoms with Crippen molar-refractivity contribution in [2.24, 2.45) is 5.92 Å². The number of carbonyl (C=O) groups is 1. The van der Waals surface area contributed by atoms with Crippen LogP contribution in [-0.2, 0) is 4.79 Å². The molecule has 0 unspecified atom stereocenters. The first-order valence-corrected chi connectivity index (χ1v) is 17.7. The molecule has 0 N–H and O–H groups in total. The molecule has 0 radical (unpaired) electrons. The second kappa shape index (κ2) is 10.8. The zero-order chi connectivity index (χ0) is 17.3. The maximum absolute atomic E-state index is 12.5. The van der Waals surface area contributed by atoms with E-state index in [4.69, 9.17) is 0 Å². The second-order valence-electron chi connectivity index (χ2n) is 7.92. The zero-order valence-corrected chi connectivity index (χ0v) is 19.1. The van der Waals surface area contributed by atoms with Gasteiger partial charge in [0.05, 0.1) is 0 Å². The first kappa shape index (κ1) is 21.1. The molecular weight excluding hydrogens is 389 g/mol. The van der Waals surface area contributed by atoms with E-state index in [2.05, 4.69) is 38.7 Å². The summed E-state index contributed by atoms with van der Waals surface area (Å²) in [6.07, 6.45) is 8.01. The third-order valence-electron chi connectivity index (χ3n) is 5.07. The van der Waals surface area contributed by atoms with Gasteiger partial charge in [0.2, 0.25) is 0 Å². The Morgan fingerprint density at radius 3 is 1.83 bits per heavy atom. The Morgan fingerprint density at radius 1 is 1.00 bits per heavy atom. The van der Waals surface area contributed by atoms with Gasteiger partial charge in [-0.2, -0.15) is 0 Å². The van der Waals surface area contributed by atoms with Crippen molar-refractivity contribution in [2.75, 3.05) is 13.1 Å². The molecule has 0 bridgehead atoms. The van der Waals surface area contributed by atoms with Gasteiger partial charge >= 0.3 is 149 Å². The number of amides is 1. The van der Waals surface area contributed by atoms with Gasteiger partial charge in [0, 0.05) is 0 Å². The van der Waals surface area contributed by atoms with Crippen molar-refractivity contribution in [3.63, 3.8) is 0 Å². The fourth-order valence-corrected chi connectivity index (χ4v) is 18.9. The van der Waals surface area contributed by atoms with Gasteiger partial charge in [-0.1, -0.05) is 0 Å². The van der Waals surface area contributed by atoms with Crippen LogP contribution in [-0.4, -0.2) is 42.3 Å². The number of carbonyl (C=O) groups excluding carboxylic acids is 1. The Hall–Kier alpha value is 0.00870. The first-order valence-electron chi connectivity index (χ1n) is 9.99. The van der Waals surface area contributed by atoms with Gasteiger partial charge in [-0.05, 0) is 0 Å². The van der Waals surface area contributed by atoms with Crippen LogP contribution in [0.3, 0.4) is 0 Å². The number of nitrogens with zero attached hydrogens (tertiary/aromatic N) is 1. The standard InChI is InChI=1S/C8H12NO.3C4H9.Sn/c1-6(2)4-9-5-7(3)8(9)10;3*1-3-4-2;/h3,6H,4-5H2,1-2H3;3*1,3-4H2,2H3;. The number of rotatable bonds is 12. The van der Waals surface area contributed by atoms with E-state index in [0.29, 0.717) is 11.8 Å². The second-order valence-corrected chi connectivity index (χ2v) is 20.8. The van der Waals surface area contributed by atoms with Crippen LogP contribution in [0.2, 0.25) is 13.3 Å². The summed E-state index contributed by atoms with van der Waals surface area (Å²) in [5.41, 5.74) is 1.18. The van der Waals surface area contributed by atoms with E-state index in [1.165, 1.54) is 57.4 Å². The summed E-state index contributed by atoms with van der Waals surface area (Å²) in [5, 5.41) is 0. The van der Waals surface area contributed by atoms with E-state index in [1.54, 1.807) is 0 Å². The van der Waals surface area contributed by atoms with Crippen molar-refractivity contribution in [3.8, 4) is 0 Å². The number of β-lactam (4-membered cyclic amide) rings is 1. The summed E-state index contributed by atoms with van der Waals surface area (Å²) in [4.78, 5) is 14.5. The Kier molecular flexibility index (Phi) is 9.87. The fourth-order valence-electron chi connectivity index (χ4n) is 3.70. The zero-order valence-electron chi connectivity index (χ0n) is 16.3. The fraction of sp³-hybridized carbons (Fsp3) is 0.850. The van der Waals surface area contributed by atoms with Gasteiger partial charge in [-0.15, -0.1) is 0 Å². The van der Waals surface area contributed by atoms with E-state index >= 15 is 0 Å². The molecule has 1 aliphatic rings. The van der Waals surface area contributed by atoms with Crippen molar-refractivity contribution >= 4 is 24.3 Å². The molecule has 134 valence electrons. The predicted octanol–water partition coefficient (Wildman–Crippen LogP) is 5.80. The molecule has 0 saturated carbocycles. The summed E-state index contributed by atoms with van der Waals surface area (Å²) in [6, 6.07) is 0. The van der Waals surface area contributed by atoms with E-state index in [0.717, 1.165) is 13.1 Å². The monoisotopic (exact) mass is 429 g/mol. The van der Waals surface area contributed by atoms with Gasteiger partial charge in [0.25, 0.3) is 0 Å². The van der Waals surface area contributed by atoms with Crippen LogP contribution in [0, 0.1) is 5.92 Å². The van der Waals surface area contributed by atoms with Crippen LogP contribution in [0.5, 0.6) is 0 Å². The van der Waals surface area contributed by atoms with Crippen molar-refractivity contribution < 1.29 is 4.79 Å². The number of hydrogen-bond acceptors (Lipinski definition) is 1. The number of unbranched alkanes of at least 4 members (excludes halogenated alkanes) is 3. The molecule has 1 heterocycles. The van der Waals surface area contributed by atoms with E-state index in [1.807, 2.05) is 4.90 Å². The van der Waals surface area contributed by atoms with Gasteiger partial charge in [-0.25, -0.2) is 0 Å². The predicted molar refractivity (Wildman–Crippen MR) is 104 cm³/mol. The SMILES string of the molecule is CCC[CH2][Sn](/[CH]=C1/CN(CC(C)C)C1=O)([CH2]CCC)[CH2]CCC. The average molecular weight is 428 g/mol. The molecule has 1 amide bonds. The molecule has 3 heteroatoms. The molecule has 2 nitrogen and oxygen atoms in total. The van der Waals surface area contributed by atoms with Crippen LogP contribution in [0.25, 0.3) is 0 Å². The topological polar surface area (TPSA) is 20.3 Å². The molecule has 1 fully saturated rings. The molecule has 23 heavy (non-hydrogen) atoms. The van der Waals surface area contributed by atoms with Crippen LogP contribution in [0.1, 0.15) is 73.1 Å². The third kappa shape index (κ3) is 6.80. The molecule has 0 aromatic carbocycles. The van der Waals surface area contributed by atoms with E-state index < -0.39 is 18.4 Å². The molecule has 0 aliphatic carbocycles. The van der Waals surface area contributed by atoms with Crippen molar-refractivity contribution in [1.29, 1.82) is 0 Å². The molecule has 1 rings (SSSR count). The van der Waals surface area contributed by atoms with Crippen LogP contribution < -0.4 is 0 Å². The van der Waals surface area contributed by atoms with Crippen molar-refractivity contribution in [2.45, 2.75) is 86.5 Å². The summed E-state index contributed by atoms with van der Waals surface area (Å²) in [5.74, 6) is 0.929. The molecule has 0 spiro atoms. The first-order chi connectivity index (χ1) is 11.0. The molecule has 0 atom stereocenters. The van der Waals surface area contributed by atoms with Crippen LogP contribution in [0.4, 0.5) is 0 Å². The summed E-state index contributed by atoms with van der Waals surface area (Å²) < 4.78 is 7.01. The van der Waals surface area contributed by atoms with Gasteiger partial charge in [0.1, 0.15) is 0 Å². The number of hydrogen-bond donors (Lipinski definition) is 0. The van der Waals surface area contributed by atoms with Crippen LogP contribution >= 0.6 is 0 Å². The Balaban J connectivity index is 2.85. The van der Waals surface area contributed by atoms with Gasteiger partial charge in [-0.3, -0.25) is 0 Å². The minimum atomic E-state index is -2.28. The average Bonchev–Trinajstić information content (AvgIpc) is 2.54. The molecule has 0 aromatic rings. The summed E-state index contributed by atoms with van der Waals surface area (Å²) in [6.45, 7) is 13.2. The van der Waals surface area contributed by atoms with Crippen molar-refractivity contribution in [3.05, 3.63) is 9.67 Å². The molecule has 1 saturated heterocycles. The minimum absolute atomic E-state index is 0.351. The van der Waals surface area contributed by atoms with Gasteiger partial charge < -0.3 is 0 Å². The summed E-state index contributed by atoms with van der Waals surface area (Å²) in [7, 11) is 0. The Bertz CT molecular complexity index is 367. The van der Waals surface area contributed by atoms with E-state index in [9.17, 15) is 4.79 Å². The van der Waals surface area contributed by atoms with Gasteiger partial charge in [0.15, 0.2) is 0 Å². The maximum atomic E-state index is 12.5. The molecular formula is C20H39NOSn. The Labute approximate surface area is 149 Å². The van der Waals surface area contributed by atoms with E-state index in [-0.39, 0.29) is 0 Å². The third-order valence-corrected chi connectivity index (χ3v) is 19.4. The summed E-state index contributed by atoms with van der Waals surface area (Å²) >= 11 is -2.28. The number of likely N-dealkylation sites (tertiary alicyclic amines) is 1. The molecule has 1 aliphatic heterocycles. The Morgan fingerprint density at radius 2 is 1.48 bits per heavy atom.